The summed E-state index contributed by atoms with van der Waals surface area (Å²) < 4.78 is 6.46. The number of nitrogens with one attached hydrogen (secondary N) is 1. The maximum absolute atomic E-state index is 5.16. The summed E-state index contributed by atoms with van der Waals surface area (Å²) in [4.78, 5) is 4.67. The molecular formula is C15H14N2OS3. The van der Waals surface area contributed by atoms with Crippen LogP contribution in [-0.2, 0) is 0 Å². The molecule has 3 aromatic rings. The van der Waals surface area contributed by atoms with E-state index in [-0.39, 0.29) is 0 Å². The number of anilines is 2. The van der Waals surface area contributed by atoms with Crippen LogP contribution in [-0.4, -0.2) is 18.3 Å². The highest BCUT2D eigenvalue weighted by atomic mass is 32.2. The summed E-state index contributed by atoms with van der Waals surface area (Å²) in [5.74, 6) is 0.850. The molecule has 0 saturated heterocycles. The first-order chi connectivity index (χ1) is 10.3. The number of thioether (sulfide) groups is 1. The minimum atomic E-state index is 0.850. The lowest BCUT2D eigenvalue weighted by atomic mass is 10.3. The first-order valence-corrected chi connectivity index (χ1v) is 9.27. The standard InChI is InChI=1S/C15H14N2OS3/c1-18-11-5-3-10(4-6-11)16-15-17-13(9-21-15)12-7-8-20-14(12)19-2/h3-9H,1-2H3,(H,16,17). The number of benzene rings is 1. The number of methoxy groups -OCH3 is 1. The van der Waals surface area contributed by atoms with Crippen molar-refractivity contribution in [2.45, 2.75) is 4.21 Å². The van der Waals surface area contributed by atoms with Crippen molar-refractivity contribution in [3.8, 4) is 17.0 Å². The van der Waals surface area contributed by atoms with Crippen LogP contribution in [0.5, 0.6) is 5.75 Å². The van der Waals surface area contributed by atoms with Crippen LogP contribution in [0.25, 0.3) is 11.3 Å². The van der Waals surface area contributed by atoms with Crippen LogP contribution >= 0.6 is 34.4 Å². The summed E-state index contributed by atoms with van der Waals surface area (Å²) in [6.45, 7) is 0. The highest BCUT2D eigenvalue weighted by molar-refractivity contribution is 8.00. The van der Waals surface area contributed by atoms with Crippen molar-refractivity contribution in [1.82, 2.24) is 4.98 Å². The molecule has 0 fully saturated rings. The molecule has 0 aliphatic heterocycles. The maximum Gasteiger partial charge on any atom is 0.187 e. The van der Waals surface area contributed by atoms with E-state index >= 15 is 0 Å². The molecule has 108 valence electrons. The summed E-state index contributed by atoms with van der Waals surface area (Å²) in [5.41, 5.74) is 3.25. The Hall–Kier alpha value is -1.50. The van der Waals surface area contributed by atoms with Crippen molar-refractivity contribution in [2.75, 3.05) is 18.7 Å². The average molecular weight is 334 g/mol. The van der Waals surface area contributed by atoms with Gasteiger partial charge >= 0.3 is 0 Å². The van der Waals surface area contributed by atoms with Gasteiger partial charge in [-0.15, -0.1) is 34.4 Å². The molecule has 0 bridgehead atoms. The number of rotatable bonds is 5. The third kappa shape index (κ3) is 3.23. The van der Waals surface area contributed by atoms with E-state index in [2.05, 4.69) is 33.4 Å². The van der Waals surface area contributed by atoms with Gasteiger partial charge in [0.2, 0.25) is 0 Å². The largest absolute Gasteiger partial charge is 0.497 e. The zero-order valence-corrected chi connectivity index (χ0v) is 14.1. The molecule has 0 aliphatic carbocycles. The maximum atomic E-state index is 5.16. The smallest absolute Gasteiger partial charge is 0.187 e. The van der Waals surface area contributed by atoms with E-state index in [0.717, 1.165) is 22.3 Å². The Balaban J connectivity index is 1.78. The quantitative estimate of drug-likeness (QED) is 0.638. The first-order valence-electron chi connectivity index (χ1n) is 6.28. The minimum Gasteiger partial charge on any atom is -0.497 e. The van der Waals surface area contributed by atoms with Crippen LogP contribution in [0.4, 0.5) is 10.8 Å². The Morgan fingerprint density at radius 2 is 1.95 bits per heavy atom. The predicted octanol–water partition coefficient (Wildman–Crippen LogP) is 5.35. The topological polar surface area (TPSA) is 34.1 Å². The number of hydrogen-bond donors (Lipinski definition) is 1. The SMILES string of the molecule is COc1ccc(Nc2nc(-c3ccsc3SC)cs2)cc1. The molecule has 2 aromatic heterocycles. The summed E-state index contributed by atoms with van der Waals surface area (Å²) in [7, 11) is 1.67. The van der Waals surface area contributed by atoms with Crippen LogP contribution in [0.1, 0.15) is 0 Å². The molecular weight excluding hydrogens is 320 g/mol. The third-order valence-corrected chi connectivity index (χ3v) is 5.78. The van der Waals surface area contributed by atoms with Crippen LogP contribution < -0.4 is 10.1 Å². The summed E-state index contributed by atoms with van der Waals surface area (Å²) in [5, 5.41) is 8.42. The van der Waals surface area contributed by atoms with E-state index in [9.17, 15) is 0 Å². The zero-order chi connectivity index (χ0) is 14.7. The summed E-state index contributed by atoms with van der Waals surface area (Å²) in [6.07, 6.45) is 2.10. The van der Waals surface area contributed by atoms with E-state index in [1.54, 1.807) is 41.5 Å². The molecule has 0 unspecified atom stereocenters. The van der Waals surface area contributed by atoms with Gasteiger partial charge in [-0.2, -0.15) is 0 Å². The average Bonchev–Trinajstić information content (AvgIpc) is 3.16. The lowest BCUT2D eigenvalue weighted by Gasteiger charge is -2.04. The van der Waals surface area contributed by atoms with E-state index < -0.39 is 0 Å². The molecule has 1 N–H and O–H groups in total. The van der Waals surface area contributed by atoms with Gasteiger partial charge in [-0.1, -0.05) is 0 Å². The number of nitrogens with zero attached hydrogens (tertiary/aromatic N) is 1. The molecule has 1 aromatic carbocycles. The van der Waals surface area contributed by atoms with Crippen molar-refractivity contribution in [3.05, 3.63) is 41.1 Å². The van der Waals surface area contributed by atoms with Crippen molar-refractivity contribution in [2.24, 2.45) is 0 Å². The fraction of sp³-hybridized carbons (Fsp3) is 0.133. The van der Waals surface area contributed by atoms with Crippen LogP contribution in [0, 0.1) is 0 Å². The van der Waals surface area contributed by atoms with Gasteiger partial charge in [-0.25, -0.2) is 4.98 Å². The normalized spacial score (nSPS) is 10.6. The van der Waals surface area contributed by atoms with E-state index in [1.807, 2.05) is 24.3 Å². The van der Waals surface area contributed by atoms with Gasteiger partial charge in [0.05, 0.1) is 17.0 Å². The second-order valence-electron chi connectivity index (χ2n) is 4.22. The fourth-order valence-electron chi connectivity index (χ4n) is 1.90. The first kappa shape index (κ1) is 14.4. The number of ether oxygens (including phenoxy) is 1. The lowest BCUT2D eigenvalue weighted by Crippen LogP contribution is -1.90. The van der Waals surface area contributed by atoms with Gasteiger partial charge in [0.25, 0.3) is 0 Å². The van der Waals surface area contributed by atoms with Crippen LogP contribution in [0.15, 0.2) is 45.3 Å². The Morgan fingerprint density at radius 1 is 1.14 bits per heavy atom. The van der Waals surface area contributed by atoms with Crippen LogP contribution in [0.2, 0.25) is 0 Å². The van der Waals surface area contributed by atoms with Gasteiger partial charge in [0.1, 0.15) is 5.75 Å². The monoisotopic (exact) mass is 334 g/mol. The second-order valence-corrected chi connectivity index (χ2v) is 7.07. The van der Waals surface area contributed by atoms with E-state index in [1.165, 1.54) is 9.77 Å². The van der Waals surface area contributed by atoms with Crippen LogP contribution in [0.3, 0.4) is 0 Å². The summed E-state index contributed by atoms with van der Waals surface area (Å²) >= 11 is 5.13. The molecule has 3 nitrogen and oxygen atoms in total. The molecule has 0 spiro atoms. The van der Waals surface area contributed by atoms with E-state index in [0.29, 0.717) is 0 Å². The van der Waals surface area contributed by atoms with Crippen molar-refractivity contribution >= 4 is 45.3 Å². The van der Waals surface area contributed by atoms with Gasteiger partial charge in [-0.05, 0) is 42.0 Å². The highest BCUT2D eigenvalue weighted by Crippen LogP contribution is 2.36. The van der Waals surface area contributed by atoms with Crippen molar-refractivity contribution < 1.29 is 4.74 Å². The molecule has 21 heavy (non-hydrogen) atoms. The molecule has 0 amide bonds. The number of hydrogen-bond acceptors (Lipinski definition) is 6. The fourth-order valence-corrected chi connectivity index (χ4v) is 4.20. The molecule has 2 heterocycles. The lowest BCUT2D eigenvalue weighted by molar-refractivity contribution is 0.415. The number of thiazole rings is 1. The number of thiophene rings is 1. The predicted molar refractivity (Wildman–Crippen MR) is 93.5 cm³/mol. The van der Waals surface area contributed by atoms with E-state index in [4.69, 9.17) is 4.74 Å². The zero-order valence-electron chi connectivity index (χ0n) is 11.6. The van der Waals surface area contributed by atoms with Gasteiger partial charge < -0.3 is 10.1 Å². The van der Waals surface area contributed by atoms with Gasteiger partial charge in [0.15, 0.2) is 5.13 Å². The molecule has 6 heteroatoms. The molecule has 0 aliphatic rings. The Bertz CT molecular complexity index is 719. The highest BCUT2D eigenvalue weighted by Gasteiger charge is 2.10. The molecule has 0 atom stereocenters. The van der Waals surface area contributed by atoms with Gasteiger partial charge in [-0.3, -0.25) is 0 Å². The Morgan fingerprint density at radius 3 is 2.67 bits per heavy atom. The summed E-state index contributed by atoms with van der Waals surface area (Å²) in [6, 6.07) is 9.96. The van der Waals surface area contributed by atoms with Crippen molar-refractivity contribution in [1.29, 1.82) is 0 Å². The van der Waals surface area contributed by atoms with Crippen molar-refractivity contribution in [3.63, 3.8) is 0 Å². The second kappa shape index (κ2) is 6.51. The third-order valence-electron chi connectivity index (χ3n) is 2.94. The molecule has 0 saturated carbocycles. The minimum absolute atomic E-state index is 0.850. The molecule has 3 rings (SSSR count). The molecule has 0 radical (unpaired) electrons. The number of aromatic nitrogens is 1. The Kier molecular flexibility index (Phi) is 4.48. The Labute approximate surface area is 136 Å². The van der Waals surface area contributed by atoms with Gasteiger partial charge in [0, 0.05) is 16.6 Å².